The van der Waals surface area contributed by atoms with E-state index in [0.29, 0.717) is 5.56 Å². The summed E-state index contributed by atoms with van der Waals surface area (Å²) < 4.78 is 5.44. The van der Waals surface area contributed by atoms with Gasteiger partial charge in [-0.3, -0.25) is 10.1 Å². The van der Waals surface area contributed by atoms with Crippen molar-refractivity contribution in [1.82, 2.24) is 9.97 Å². The predicted octanol–water partition coefficient (Wildman–Crippen LogP) is 2.72. The van der Waals surface area contributed by atoms with Crippen molar-refractivity contribution in [3.8, 4) is 11.6 Å². The molecule has 0 radical (unpaired) electrons. The van der Waals surface area contributed by atoms with Gasteiger partial charge in [-0.25, -0.2) is 4.98 Å². The van der Waals surface area contributed by atoms with Crippen LogP contribution in [0.4, 0.5) is 11.6 Å². The van der Waals surface area contributed by atoms with Crippen molar-refractivity contribution in [2.24, 2.45) is 0 Å². The number of nitrogens with two attached hydrogens (primary N) is 1. The second-order valence-corrected chi connectivity index (χ2v) is 4.10. The van der Waals surface area contributed by atoms with Gasteiger partial charge in [-0.2, -0.15) is 4.98 Å². The molecule has 98 valence electrons. The lowest BCUT2D eigenvalue weighted by atomic mass is 10.2. The zero-order valence-corrected chi connectivity index (χ0v) is 10.6. The van der Waals surface area contributed by atoms with E-state index in [1.165, 1.54) is 18.3 Å². The van der Waals surface area contributed by atoms with E-state index >= 15 is 0 Å². The van der Waals surface area contributed by atoms with Crippen LogP contribution < -0.4 is 10.5 Å². The summed E-state index contributed by atoms with van der Waals surface area (Å²) in [5, 5.41) is 10.9. The van der Waals surface area contributed by atoms with E-state index in [1.54, 1.807) is 13.0 Å². The molecule has 7 nitrogen and oxygen atoms in total. The molecule has 8 heteroatoms. The second-order valence-electron chi connectivity index (χ2n) is 3.69. The van der Waals surface area contributed by atoms with Crippen LogP contribution in [0.15, 0.2) is 24.4 Å². The average molecular weight is 281 g/mol. The molecule has 0 saturated heterocycles. The van der Waals surface area contributed by atoms with E-state index in [-0.39, 0.29) is 28.3 Å². The zero-order chi connectivity index (χ0) is 14.0. The number of aromatic nitrogens is 2. The lowest BCUT2D eigenvalue weighted by molar-refractivity contribution is -0.384. The van der Waals surface area contributed by atoms with Crippen LogP contribution in [-0.2, 0) is 0 Å². The van der Waals surface area contributed by atoms with Crippen molar-refractivity contribution in [2.75, 3.05) is 5.73 Å². The van der Waals surface area contributed by atoms with Gasteiger partial charge in [-0.15, -0.1) is 0 Å². The van der Waals surface area contributed by atoms with E-state index < -0.39 is 4.92 Å². The highest BCUT2D eigenvalue weighted by molar-refractivity contribution is 6.31. The monoisotopic (exact) mass is 280 g/mol. The third-order valence-electron chi connectivity index (χ3n) is 2.32. The number of rotatable bonds is 3. The van der Waals surface area contributed by atoms with Crippen LogP contribution in [0.25, 0.3) is 0 Å². The van der Waals surface area contributed by atoms with Crippen LogP contribution in [0.1, 0.15) is 5.56 Å². The van der Waals surface area contributed by atoms with E-state index in [0.717, 1.165) is 0 Å². The number of benzene rings is 1. The molecular weight excluding hydrogens is 272 g/mol. The highest BCUT2D eigenvalue weighted by Crippen LogP contribution is 2.31. The first-order valence-electron chi connectivity index (χ1n) is 5.18. The third kappa shape index (κ3) is 2.89. The molecule has 1 heterocycles. The molecule has 2 N–H and O–H groups in total. The third-order valence-corrected chi connectivity index (χ3v) is 2.58. The molecule has 1 aromatic carbocycles. The largest absolute Gasteiger partial charge is 0.437 e. The van der Waals surface area contributed by atoms with Gasteiger partial charge in [0.05, 0.1) is 17.2 Å². The molecule has 0 aliphatic rings. The Bertz CT molecular complexity index is 648. The second kappa shape index (κ2) is 5.07. The van der Waals surface area contributed by atoms with Crippen molar-refractivity contribution in [3.63, 3.8) is 0 Å². The highest BCUT2D eigenvalue weighted by Gasteiger charge is 2.13. The molecule has 2 rings (SSSR count). The van der Waals surface area contributed by atoms with Gasteiger partial charge in [0.2, 0.25) is 11.8 Å². The number of nitro benzene ring substituents is 1. The lowest BCUT2D eigenvalue weighted by Crippen LogP contribution is -1.98. The lowest BCUT2D eigenvalue weighted by Gasteiger charge is -2.08. The number of halogens is 1. The smallest absolute Gasteiger partial charge is 0.273 e. The highest BCUT2D eigenvalue weighted by atomic mass is 35.5. The van der Waals surface area contributed by atoms with Crippen molar-refractivity contribution >= 4 is 23.2 Å². The Kier molecular flexibility index (Phi) is 3.48. The summed E-state index contributed by atoms with van der Waals surface area (Å²) in [6, 6.07) is 4.26. The molecule has 0 aliphatic carbocycles. The fourth-order valence-corrected chi connectivity index (χ4v) is 1.48. The van der Waals surface area contributed by atoms with E-state index in [4.69, 9.17) is 22.1 Å². The van der Waals surface area contributed by atoms with Gasteiger partial charge in [0, 0.05) is 6.07 Å². The summed E-state index contributed by atoms with van der Waals surface area (Å²) in [6.07, 6.45) is 1.30. The molecular formula is C11H9ClN4O3. The van der Waals surface area contributed by atoms with Crippen LogP contribution >= 0.6 is 11.6 Å². The van der Waals surface area contributed by atoms with Crippen molar-refractivity contribution in [2.45, 2.75) is 6.92 Å². The maximum Gasteiger partial charge on any atom is 0.273 e. The van der Waals surface area contributed by atoms with Gasteiger partial charge in [-0.05, 0) is 18.6 Å². The predicted molar refractivity (Wildman–Crippen MR) is 69.4 cm³/mol. The van der Waals surface area contributed by atoms with Crippen LogP contribution in [0.5, 0.6) is 11.6 Å². The SMILES string of the molecule is Cc1ccc([N+](=O)[O-])cc1Oc1nc(N)ncc1Cl. The van der Waals surface area contributed by atoms with Crippen molar-refractivity contribution in [1.29, 1.82) is 0 Å². The summed E-state index contributed by atoms with van der Waals surface area (Å²) in [6.45, 7) is 1.75. The number of hydrogen-bond acceptors (Lipinski definition) is 6. The summed E-state index contributed by atoms with van der Waals surface area (Å²) in [5.41, 5.74) is 6.05. The van der Waals surface area contributed by atoms with Gasteiger partial charge in [0.1, 0.15) is 10.8 Å². The number of anilines is 1. The molecule has 2 aromatic rings. The normalized spacial score (nSPS) is 10.2. The average Bonchev–Trinajstić information content (AvgIpc) is 2.36. The van der Waals surface area contributed by atoms with Gasteiger partial charge < -0.3 is 10.5 Å². The Balaban J connectivity index is 2.40. The number of ether oxygens (including phenoxy) is 1. The van der Waals surface area contributed by atoms with E-state index in [9.17, 15) is 10.1 Å². The fraction of sp³-hybridized carbons (Fsp3) is 0.0909. The molecule has 19 heavy (non-hydrogen) atoms. The molecule has 1 aromatic heterocycles. The fourth-order valence-electron chi connectivity index (χ4n) is 1.35. The van der Waals surface area contributed by atoms with Gasteiger partial charge in [-0.1, -0.05) is 11.6 Å². The standard InChI is InChI=1S/C11H9ClN4O3/c1-6-2-3-7(16(17)18)4-9(6)19-10-8(12)5-14-11(13)15-10/h2-5H,1H3,(H2,13,14,15). The molecule has 0 bridgehead atoms. The summed E-state index contributed by atoms with van der Waals surface area (Å²) >= 11 is 5.86. The molecule has 0 aliphatic heterocycles. The molecule has 0 fully saturated rings. The number of aryl methyl sites for hydroxylation is 1. The Hall–Kier alpha value is -2.41. The molecule has 0 amide bonds. The van der Waals surface area contributed by atoms with Gasteiger partial charge in [0.25, 0.3) is 5.69 Å². The first-order chi connectivity index (χ1) is 8.97. The summed E-state index contributed by atoms with van der Waals surface area (Å²) in [7, 11) is 0. The Morgan fingerprint density at radius 3 is 2.89 bits per heavy atom. The van der Waals surface area contributed by atoms with Gasteiger partial charge in [0.15, 0.2) is 0 Å². The van der Waals surface area contributed by atoms with Crippen LogP contribution in [0.2, 0.25) is 5.02 Å². The number of hydrogen-bond donors (Lipinski definition) is 1. The van der Waals surface area contributed by atoms with E-state index in [1.807, 2.05) is 0 Å². The Morgan fingerprint density at radius 1 is 1.47 bits per heavy atom. The van der Waals surface area contributed by atoms with Crippen LogP contribution in [-0.4, -0.2) is 14.9 Å². The van der Waals surface area contributed by atoms with Crippen molar-refractivity contribution in [3.05, 3.63) is 45.1 Å². The molecule has 0 saturated carbocycles. The minimum Gasteiger partial charge on any atom is -0.437 e. The number of nitro groups is 1. The Labute approximate surface area is 113 Å². The topological polar surface area (TPSA) is 104 Å². The molecule has 0 unspecified atom stereocenters. The maximum atomic E-state index is 10.7. The maximum absolute atomic E-state index is 10.7. The van der Waals surface area contributed by atoms with Crippen LogP contribution in [0.3, 0.4) is 0 Å². The summed E-state index contributed by atoms with van der Waals surface area (Å²) in [4.78, 5) is 17.7. The van der Waals surface area contributed by atoms with E-state index in [2.05, 4.69) is 9.97 Å². The number of nitrogens with zero attached hydrogens (tertiary/aromatic N) is 3. The minimum absolute atomic E-state index is 0.00230. The first-order valence-corrected chi connectivity index (χ1v) is 5.56. The van der Waals surface area contributed by atoms with Gasteiger partial charge >= 0.3 is 0 Å². The zero-order valence-electron chi connectivity index (χ0n) is 9.83. The molecule has 0 atom stereocenters. The van der Waals surface area contributed by atoms with Crippen LogP contribution in [0, 0.1) is 17.0 Å². The quantitative estimate of drug-likeness (QED) is 0.684. The number of non-ortho nitro benzene ring substituents is 1. The minimum atomic E-state index is -0.512. The Morgan fingerprint density at radius 2 is 2.21 bits per heavy atom. The first kappa shape index (κ1) is 13.0. The molecule has 0 spiro atoms. The number of nitrogen functional groups attached to an aromatic ring is 1. The van der Waals surface area contributed by atoms with Crippen molar-refractivity contribution < 1.29 is 9.66 Å². The summed E-state index contributed by atoms with van der Waals surface area (Å²) in [5.74, 6) is 0.342.